The molecule has 0 heterocycles. The lowest BCUT2D eigenvalue weighted by molar-refractivity contribution is 0.615. The van der Waals surface area contributed by atoms with Crippen LogP contribution in [0.3, 0.4) is 0 Å². The normalized spacial score (nSPS) is 9.25. The third kappa shape index (κ3) is 2.88. The second-order valence-corrected chi connectivity index (χ2v) is 3.32. The second kappa shape index (κ2) is 5.72. The molecule has 0 bridgehead atoms. The third-order valence-electron chi connectivity index (χ3n) is 1.40. The number of benzene rings is 1. The molecule has 0 amide bonds. The monoisotopic (exact) mass is 301 g/mol. The van der Waals surface area contributed by atoms with Crippen LogP contribution in [0.1, 0.15) is 5.56 Å². The van der Waals surface area contributed by atoms with E-state index in [1.165, 1.54) is 6.07 Å². The molecule has 1 aromatic rings. The van der Waals surface area contributed by atoms with Crippen LogP contribution >= 0.6 is 35.0 Å². The van der Waals surface area contributed by atoms with Gasteiger partial charge in [-0.05, 0) is 41.3 Å². The number of halogens is 3. The summed E-state index contributed by atoms with van der Waals surface area (Å²) in [5, 5.41) is 2.98. The third-order valence-corrected chi connectivity index (χ3v) is 2.61. The highest BCUT2D eigenvalue weighted by molar-refractivity contribution is 14.1. The molecule has 68 valence electrons. The van der Waals surface area contributed by atoms with Crippen LogP contribution in [0.4, 0.5) is 4.39 Å². The van der Waals surface area contributed by atoms with E-state index in [0.717, 1.165) is 12.1 Å². The molecule has 0 fully saturated rings. The number of rotatable bonds is 2. The Morgan fingerprint density at radius 1 is 1.50 bits per heavy atom. The zero-order valence-corrected chi connectivity index (χ0v) is 9.58. The molecule has 0 atom stereocenters. The van der Waals surface area contributed by atoms with E-state index in [1.807, 2.05) is 35.7 Å². The van der Waals surface area contributed by atoms with Gasteiger partial charge in [0.25, 0.3) is 0 Å². The van der Waals surface area contributed by atoms with Crippen molar-refractivity contribution in [2.75, 3.05) is 7.05 Å². The molecule has 1 N–H and O–H groups in total. The lowest BCUT2D eigenvalue weighted by Crippen LogP contribution is -2.07. The van der Waals surface area contributed by atoms with E-state index in [1.54, 1.807) is 6.07 Å². The zero-order chi connectivity index (χ0) is 8.27. The van der Waals surface area contributed by atoms with Gasteiger partial charge in [0.05, 0.1) is 3.57 Å². The lowest BCUT2D eigenvalue weighted by atomic mass is 10.2. The van der Waals surface area contributed by atoms with E-state index in [0.29, 0.717) is 3.57 Å². The Hall–Kier alpha value is 0.130. The average Bonchev–Trinajstić information content (AvgIpc) is 1.99. The highest BCUT2D eigenvalue weighted by atomic mass is 127. The fraction of sp³-hybridized carbons (Fsp3) is 0.250. The predicted molar refractivity (Wildman–Crippen MR) is 59.1 cm³/mol. The van der Waals surface area contributed by atoms with E-state index in [4.69, 9.17) is 0 Å². The first-order valence-corrected chi connectivity index (χ1v) is 4.41. The van der Waals surface area contributed by atoms with Crippen LogP contribution in [0.25, 0.3) is 0 Å². The molecular weight excluding hydrogens is 291 g/mol. The summed E-state index contributed by atoms with van der Waals surface area (Å²) in [6, 6.07) is 5.12. The Bertz CT molecular complexity index is 255. The van der Waals surface area contributed by atoms with Crippen molar-refractivity contribution in [1.82, 2.24) is 5.32 Å². The summed E-state index contributed by atoms with van der Waals surface area (Å²) in [6.07, 6.45) is 0. The summed E-state index contributed by atoms with van der Waals surface area (Å²) in [5.74, 6) is -0.140. The van der Waals surface area contributed by atoms with Crippen LogP contribution in [0.15, 0.2) is 18.2 Å². The molecule has 1 aromatic carbocycles. The van der Waals surface area contributed by atoms with Crippen molar-refractivity contribution in [1.29, 1.82) is 0 Å². The summed E-state index contributed by atoms with van der Waals surface area (Å²) >= 11 is 2.01. The molecule has 0 aliphatic rings. The predicted octanol–water partition coefficient (Wildman–Crippen LogP) is 2.57. The smallest absolute Gasteiger partial charge is 0.136 e. The number of hydrogen-bond donors (Lipinski definition) is 1. The van der Waals surface area contributed by atoms with Crippen molar-refractivity contribution in [3.63, 3.8) is 0 Å². The molecule has 0 aromatic heterocycles. The molecule has 0 unspecified atom stereocenters. The van der Waals surface area contributed by atoms with Gasteiger partial charge in [-0.1, -0.05) is 12.1 Å². The maximum absolute atomic E-state index is 12.9. The summed E-state index contributed by atoms with van der Waals surface area (Å²) < 4.78 is 13.6. The molecule has 0 spiro atoms. The molecule has 4 heteroatoms. The standard InChI is InChI=1S/C8H9FIN.ClH/c1-11-5-6-3-2-4-7(9)8(6)10;/h2-4,11H,5H2,1H3;1H. The Balaban J connectivity index is 0.00000121. The van der Waals surface area contributed by atoms with E-state index < -0.39 is 0 Å². The van der Waals surface area contributed by atoms with Gasteiger partial charge >= 0.3 is 0 Å². The number of hydrogen-bond acceptors (Lipinski definition) is 1. The Kier molecular flexibility index (Phi) is 5.78. The lowest BCUT2D eigenvalue weighted by Gasteiger charge is -2.02. The van der Waals surface area contributed by atoms with Gasteiger partial charge in [0.15, 0.2) is 0 Å². The summed E-state index contributed by atoms with van der Waals surface area (Å²) in [4.78, 5) is 0. The van der Waals surface area contributed by atoms with Crippen molar-refractivity contribution >= 4 is 35.0 Å². The average molecular weight is 302 g/mol. The number of nitrogens with one attached hydrogen (secondary N) is 1. The minimum atomic E-state index is -0.140. The van der Waals surface area contributed by atoms with Gasteiger partial charge in [-0.2, -0.15) is 0 Å². The van der Waals surface area contributed by atoms with E-state index in [-0.39, 0.29) is 18.2 Å². The SMILES string of the molecule is CNCc1cccc(F)c1I.Cl. The maximum Gasteiger partial charge on any atom is 0.136 e. The van der Waals surface area contributed by atoms with Crippen LogP contribution in [-0.4, -0.2) is 7.05 Å². The molecular formula is C8H10ClFIN. The Morgan fingerprint density at radius 3 is 2.75 bits per heavy atom. The van der Waals surface area contributed by atoms with Crippen LogP contribution in [0.2, 0.25) is 0 Å². The summed E-state index contributed by atoms with van der Waals surface area (Å²) in [5.41, 5.74) is 1.01. The van der Waals surface area contributed by atoms with Crippen LogP contribution in [-0.2, 0) is 6.54 Å². The van der Waals surface area contributed by atoms with Gasteiger partial charge < -0.3 is 5.32 Å². The quantitative estimate of drug-likeness (QED) is 0.828. The summed E-state index contributed by atoms with van der Waals surface area (Å²) in [6.45, 7) is 0.718. The molecule has 0 aliphatic carbocycles. The molecule has 0 saturated heterocycles. The molecule has 0 saturated carbocycles. The van der Waals surface area contributed by atoms with Gasteiger partial charge in [0.2, 0.25) is 0 Å². The minimum Gasteiger partial charge on any atom is -0.316 e. The van der Waals surface area contributed by atoms with Crippen LogP contribution < -0.4 is 5.32 Å². The van der Waals surface area contributed by atoms with Crippen molar-refractivity contribution in [3.8, 4) is 0 Å². The zero-order valence-electron chi connectivity index (χ0n) is 6.60. The minimum absolute atomic E-state index is 0. The van der Waals surface area contributed by atoms with Crippen molar-refractivity contribution in [3.05, 3.63) is 33.1 Å². The van der Waals surface area contributed by atoms with Gasteiger partial charge in [0.1, 0.15) is 5.82 Å². The first kappa shape index (κ1) is 12.1. The topological polar surface area (TPSA) is 12.0 Å². The maximum atomic E-state index is 12.9. The molecule has 1 nitrogen and oxygen atoms in total. The van der Waals surface area contributed by atoms with E-state index in [2.05, 4.69) is 5.32 Å². The van der Waals surface area contributed by atoms with Gasteiger partial charge in [-0.25, -0.2) is 4.39 Å². The molecule has 0 radical (unpaired) electrons. The Morgan fingerprint density at radius 2 is 2.17 bits per heavy atom. The molecule has 1 rings (SSSR count). The van der Waals surface area contributed by atoms with Crippen molar-refractivity contribution in [2.45, 2.75) is 6.54 Å². The van der Waals surface area contributed by atoms with Gasteiger partial charge in [0, 0.05) is 6.54 Å². The van der Waals surface area contributed by atoms with Gasteiger partial charge in [-0.15, -0.1) is 12.4 Å². The Labute approximate surface area is 91.3 Å². The van der Waals surface area contributed by atoms with E-state index in [9.17, 15) is 4.39 Å². The van der Waals surface area contributed by atoms with Gasteiger partial charge in [-0.3, -0.25) is 0 Å². The molecule has 12 heavy (non-hydrogen) atoms. The van der Waals surface area contributed by atoms with Crippen molar-refractivity contribution < 1.29 is 4.39 Å². The summed E-state index contributed by atoms with van der Waals surface area (Å²) in [7, 11) is 1.85. The second-order valence-electron chi connectivity index (χ2n) is 2.24. The van der Waals surface area contributed by atoms with Crippen LogP contribution in [0.5, 0.6) is 0 Å². The first-order chi connectivity index (χ1) is 5.25. The molecule has 0 aliphatic heterocycles. The van der Waals surface area contributed by atoms with E-state index >= 15 is 0 Å². The first-order valence-electron chi connectivity index (χ1n) is 3.33. The van der Waals surface area contributed by atoms with Crippen LogP contribution in [0, 0.1) is 9.39 Å². The highest BCUT2D eigenvalue weighted by Crippen LogP contribution is 2.15. The fourth-order valence-corrected chi connectivity index (χ4v) is 1.43. The highest BCUT2D eigenvalue weighted by Gasteiger charge is 2.02. The fourth-order valence-electron chi connectivity index (χ4n) is 0.875. The van der Waals surface area contributed by atoms with Crippen molar-refractivity contribution in [2.24, 2.45) is 0 Å². The largest absolute Gasteiger partial charge is 0.316 e.